The van der Waals surface area contributed by atoms with Crippen LogP contribution in [0, 0.1) is 4.91 Å². The molecule has 3 aromatic rings. The van der Waals surface area contributed by atoms with Crippen molar-refractivity contribution in [1.82, 2.24) is 9.97 Å². The summed E-state index contributed by atoms with van der Waals surface area (Å²) >= 11 is 0. The molecule has 2 aromatic carbocycles. The van der Waals surface area contributed by atoms with E-state index < -0.39 is 17.6 Å². The molecule has 1 aliphatic rings. The number of fused-ring (bicyclic) bond motifs is 1. The normalized spacial score (nSPS) is 14.2. The van der Waals surface area contributed by atoms with Crippen molar-refractivity contribution in [2.24, 2.45) is 10.9 Å². The first kappa shape index (κ1) is 24.1. The van der Waals surface area contributed by atoms with Crippen LogP contribution in [0.4, 0.5) is 24.9 Å². The lowest BCUT2D eigenvalue weighted by Gasteiger charge is -2.30. The third kappa shape index (κ3) is 5.39. The number of carbonyl (C=O) groups excluding carboxylic acids is 1. The molecule has 11 heteroatoms. The van der Waals surface area contributed by atoms with Gasteiger partial charge in [0.25, 0.3) is 5.91 Å². The highest BCUT2D eigenvalue weighted by Gasteiger charge is 2.30. The largest absolute Gasteiger partial charge is 0.416 e. The summed E-state index contributed by atoms with van der Waals surface area (Å²) in [6, 6.07) is 12.0. The summed E-state index contributed by atoms with van der Waals surface area (Å²) in [5, 5.41) is 5.89. The van der Waals surface area contributed by atoms with E-state index in [-0.39, 0.29) is 18.3 Å². The van der Waals surface area contributed by atoms with Crippen molar-refractivity contribution in [2.45, 2.75) is 32.1 Å². The number of alkyl halides is 3. The van der Waals surface area contributed by atoms with Crippen LogP contribution >= 0.6 is 0 Å². The molecule has 2 heterocycles. The van der Waals surface area contributed by atoms with Crippen LogP contribution in [0.5, 0.6) is 0 Å². The van der Waals surface area contributed by atoms with Gasteiger partial charge in [-0.2, -0.15) is 23.1 Å². The molecule has 0 fully saturated rings. The Bertz CT molecular complexity index is 1250. The second kappa shape index (κ2) is 9.69. The first-order valence-electron chi connectivity index (χ1n) is 10.9. The van der Waals surface area contributed by atoms with E-state index in [9.17, 15) is 22.9 Å². The van der Waals surface area contributed by atoms with E-state index in [4.69, 9.17) is 5.73 Å². The van der Waals surface area contributed by atoms with E-state index in [0.717, 1.165) is 28.8 Å². The number of nitroso groups, excluding NO2 is 1. The van der Waals surface area contributed by atoms with Gasteiger partial charge < -0.3 is 16.0 Å². The van der Waals surface area contributed by atoms with Gasteiger partial charge in [-0.05, 0) is 47.7 Å². The van der Waals surface area contributed by atoms with E-state index >= 15 is 0 Å². The van der Waals surface area contributed by atoms with Crippen LogP contribution in [0.3, 0.4) is 0 Å². The Hall–Kier alpha value is -4.02. The molecule has 0 bridgehead atoms. The minimum Gasteiger partial charge on any atom is -0.365 e. The first-order chi connectivity index (χ1) is 16.7. The van der Waals surface area contributed by atoms with Gasteiger partial charge in [0.05, 0.1) is 5.56 Å². The van der Waals surface area contributed by atoms with Gasteiger partial charge in [0.1, 0.15) is 18.1 Å². The Morgan fingerprint density at radius 3 is 2.60 bits per heavy atom. The number of amides is 1. The molecular formula is C24H23F3N6O2. The highest BCUT2D eigenvalue weighted by molar-refractivity contribution is 5.91. The number of nitrogens with two attached hydrogens (primary N) is 1. The molecule has 1 atom stereocenters. The van der Waals surface area contributed by atoms with Crippen LogP contribution in [-0.2, 0) is 19.1 Å². The third-order valence-corrected chi connectivity index (χ3v) is 5.78. The van der Waals surface area contributed by atoms with Crippen molar-refractivity contribution < 1.29 is 18.0 Å². The van der Waals surface area contributed by atoms with E-state index in [1.807, 2.05) is 23.1 Å². The maximum Gasteiger partial charge on any atom is 0.416 e. The molecule has 0 spiro atoms. The van der Waals surface area contributed by atoms with Crippen molar-refractivity contribution in [3.63, 3.8) is 0 Å². The van der Waals surface area contributed by atoms with Crippen LogP contribution in [0.2, 0.25) is 0 Å². The van der Waals surface area contributed by atoms with Gasteiger partial charge >= 0.3 is 6.18 Å². The molecule has 1 amide bonds. The maximum atomic E-state index is 12.9. The second-order valence-corrected chi connectivity index (χ2v) is 8.35. The lowest BCUT2D eigenvalue weighted by molar-refractivity contribution is -0.137. The van der Waals surface area contributed by atoms with Crippen LogP contribution in [0.25, 0.3) is 11.1 Å². The standard InChI is InChI=1S/C24H23F3N6O2/c1-14(12-29-35)30-21-11-20(22(28)34)31-23(32-21)33-10-9-19-16(13-33)3-2-4-18(19)15-5-7-17(8-6-15)24(25,26)27/h2-8,11,14H,9-10,12-13H2,1H3,(H2,28,34)(H,30,31,32)/t14-/m0/s1. The minimum atomic E-state index is -4.39. The number of anilines is 2. The van der Waals surface area contributed by atoms with Crippen molar-refractivity contribution in [3.05, 3.63) is 75.8 Å². The van der Waals surface area contributed by atoms with Gasteiger partial charge in [-0.3, -0.25) is 4.79 Å². The van der Waals surface area contributed by atoms with E-state index in [2.05, 4.69) is 20.5 Å². The molecule has 0 saturated carbocycles. The Labute approximate surface area is 199 Å². The smallest absolute Gasteiger partial charge is 0.365 e. The van der Waals surface area contributed by atoms with Crippen molar-refractivity contribution >= 4 is 17.7 Å². The Balaban J connectivity index is 1.62. The summed E-state index contributed by atoms with van der Waals surface area (Å²) in [4.78, 5) is 33.1. The van der Waals surface area contributed by atoms with Crippen molar-refractivity contribution in [2.75, 3.05) is 23.3 Å². The Morgan fingerprint density at radius 2 is 1.94 bits per heavy atom. The average molecular weight is 484 g/mol. The lowest BCUT2D eigenvalue weighted by atomic mass is 9.90. The molecule has 1 aromatic heterocycles. The molecular weight excluding hydrogens is 461 g/mol. The van der Waals surface area contributed by atoms with Gasteiger partial charge in [-0.25, -0.2) is 4.98 Å². The molecule has 35 heavy (non-hydrogen) atoms. The number of nitrogens with one attached hydrogen (secondary N) is 1. The topological polar surface area (TPSA) is 114 Å². The lowest BCUT2D eigenvalue weighted by Crippen LogP contribution is -2.33. The zero-order valence-corrected chi connectivity index (χ0v) is 18.8. The fraction of sp³-hybridized carbons (Fsp3) is 0.292. The van der Waals surface area contributed by atoms with E-state index in [1.165, 1.54) is 18.2 Å². The van der Waals surface area contributed by atoms with E-state index in [1.54, 1.807) is 6.92 Å². The molecule has 182 valence electrons. The molecule has 0 unspecified atom stereocenters. The third-order valence-electron chi connectivity index (χ3n) is 5.78. The second-order valence-electron chi connectivity index (χ2n) is 8.35. The van der Waals surface area contributed by atoms with Crippen LogP contribution in [0.15, 0.2) is 53.7 Å². The predicted octanol–water partition coefficient (Wildman–Crippen LogP) is 4.39. The number of halogens is 3. The SMILES string of the molecule is C[C@@H](CN=O)Nc1cc(C(N)=O)nc(N2CCc3c(cccc3-c3ccc(C(F)(F)F)cc3)C2)n1. The summed E-state index contributed by atoms with van der Waals surface area (Å²) in [5.41, 5.74) is 8.41. The summed E-state index contributed by atoms with van der Waals surface area (Å²) in [7, 11) is 0. The number of nitrogens with zero attached hydrogens (tertiary/aromatic N) is 4. The number of aromatic nitrogens is 2. The summed E-state index contributed by atoms with van der Waals surface area (Å²) in [6.07, 6.45) is -3.78. The number of hydrogen-bond acceptors (Lipinski definition) is 7. The van der Waals surface area contributed by atoms with Crippen molar-refractivity contribution in [1.29, 1.82) is 0 Å². The summed E-state index contributed by atoms with van der Waals surface area (Å²) < 4.78 is 38.8. The monoisotopic (exact) mass is 484 g/mol. The zero-order chi connectivity index (χ0) is 25.2. The molecule has 0 saturated heterocycles. The number of carbonyl (C=O) groups is 1. The van der Waals surface area contributed by atoms with Gasteiger partial charge in [0, 0.05) is 25.2 Å². The Morgan fingerprint density at radius 1 is 1.20 bits per heavy atom. The number of rotatable bonds is 7. The number of benzene rings is 2. The number of primary amides is 1. The van der Waals surface area contributed by atoms with Gasteiger partial charge in [0.15, 0.2) is 0 Å². The minimum absolute atomic E-state index is 0.0229. The van der Waals surface area contributed by atoms with Crippen LogP contribution < -0.4 is 16.0 Å². The fourth-order valence-electron chi connectivity index (χ4n) is 4.08. The first-order valence-corrected chi connectivity index (χ1v) is 10.9. The predicted molar refractivity (Wildman–Crippen MR) is 126 cm³/mol. The highest BCUT2D eigenvalue weighted by atomic mass is 19.4. The maximum absolute atomic E-state index is 12.9. The molecule has 0 aliphatic carbocycles. The average Bonchev–Trinajstić information content (AvgIpc) is 2.82. The molecule has 8 nitrogen and oxygen atoms in total. The summed E-state index contributed by atoms with van der Waals surface area (Å²) in [6.45, 7) is 2.75. The van der Waals surface area contributed by atoms with Gasteiger partial charge in [-0.15, -0.1) is 0 Å². The van der Waals surface area contributed by atoms with Crippen LogP contribution in [0.1, 0.15) is 34.1 Å². The molecule has 1 aliphatic heterocycles. The molecule has 3 N–H and O–H groups in total. The highest BCUT2D eigenvalue weighted by Crippen LogP contribution is 2.34. The van der Waals surface area contributed by atoms with E-state index in [0.29, 0.717) is 36.8 Å². The summed E-state index contributed by atoms with van der Waals surface area (Å²) in [5.74, 6) is -0.0511. The van der Waals surface area contributed by atoms with Crippen LogP contribution in [-0.4, -0.2) is 35.0 Å². The quantitative estimate of drug-likeness (QED) is 0.481. The zero-order valence-electron chi connectivity index (χ0n) is 18.8. The van der Waals surface area contributed by atoms with Crippen molar-refractivity contribution in [3.8, 4) is 11.1 Å². The number of hydrogen-bond donors (Lipinski definition) is 2. The van der Waals surface area contributed by atoms with Gasteiger partial charge in [0.2, 0.25) is 5.95 Å². The molecule has 4 rings (SSSR count). The van der Waals surface area contributed by atoms with Gasteiger partial charge in [-0.1, -0.05) is 35.5 Å². The fourth-order valence-corrected chi connectivity index (χ4v) is 4.08. The Kier molecular flexibility index (Phi) is 6.68. The molecule has 0 radical (unpaired) electrons.